The first-order valence-corrected chi connectivity index (χ1v) is 40.2. The predicted octanol–water partition coefficient (Wildman–Crippen LogP) is 31.5. The molecule has 20 aromatic rings. The summed E-state index contributed by atoms with van der Waals surface area (Å²) < 4.78 is 13.2. The number of anilines is 6. The maximum absolute atomic E-state index is 6.60. The summed E-state index contributed by atoms with van der Waals surface area (Å²) in [7, 11) is 0. The second-order valence-electron chi connectivity index (χ2n) is 31.9. The van der Waals surface area contributed by atoms with Crippen LogP contribution in [0.15, 0.2) is 421 Å². The highest BCUT2D eigenvalue weighted by atomic mass is 16.3. The Kier molecular flexibility index (Phi) is 16.9. The van der Waals surface area contributed by atoms with Gasteiger partial charge >= 0.3 is 0 Å². The van der Waals surface area contributed by atoms with Crippen LogP contribution in [0, 0.1) is 0 Å². The van der Waals surface area contributed by atoms with Crippen molar-refractivity contribution in [1.29, 1.82) is 0 Å². The fraction of sp³-hybridized carbons (Fsp3) is 0.0536. The van der Waals surface area contributed by atoms with Crippen LogP contribution in [0.1, 0.15) is 49.9 Å². The summed E-state index contributed by atoms with van der Waals surface area (Å²) in [4.78, 5) is 4.83. The fourth-order valence-corrected chi connectivity index (χ4v) is 18.4. The van der Waals surface area contributed by atoms with E-state index in [0.717, 1.165) is 123 Å². The topological polar surface area (TPSA) is 32.8 Å². The molecule has 0 unspecified atom stereocenters. The van der Waals surface area contributed by atoms with Gasteiger partial charge in [-0.25, -0.2) is 0 Å². The number of benzene rings is 18. The van der Waals surface area contributed by atoms with E-state index < -0.39 is 0 Å². The second kappa shape index (κ2) is 28.3. The minimum absolute atomic E-state index is 0.101. The van der Waals surface area contributed by atoms with Gasteiger partial charge in [-0.05, 0) is 220 Å². The molecule has 4 nitrogen and oxygen atoms in total. The Hall–Kier alpha value is -14.6. The summed E-state index contributed by atoms with van der Waals surface area (Å²) >= 11 is 0. The Balaban J connectivity index is 0.000000145. The van der Waals surface area contributed by atoms with E-state index in [1.807, 2.05) is 12.1 Å². The van der Waals surface area contributed by atoms with Crippen LogP contribution in [0.25, 0.3) is 155 Å². The molecule has 550 valence electrons. The van der Waals surface area contributed by atoms with Gasteiger partial charge in [0.05, 0.1) is 5.69 Å². The Morgan fingerprint density at radius 1 is 0.190 bits per heavy atom. The maximum atomic E-state index is 6.60. The molecule has 0 spiro atoms. The molecule has 2 aromatic heterocycles. The summed E-state index contributed by atoms with van der Waals surface area (Å²) in [6, 6.07) is 149. The van der Waals surface area contributed by atoms with Crippen LogP contribution in [0.3, 0.4) is 0 Å². The van der Waals surface area contributed by atoms with Crippen molar-refractivity contribution in [2.45, 2.75) is 38.5 Å². The van der Waals surface area contributed by atoms with Crippen LogP contribution in [0.2, 0.25) is 0 Å². The Bertz CT molecular complexity index is 7160. The smallest absolute Gasteiger partial charge is 0.143 e. The molecule has 116 heavy (non-hydrogen) atoms. The zero-order chi connectivity index (χ0) is 77.6. The Labute approximate surface area is 676 Å². The zero-order valence-corrected chi connectivity index (χ0v) is 65.0. The average molecular weight is 1490 g/mol. The number of rotatable bonds is 13. The van der Waals surface area contributed by atoms with Gasteiger partial charge in [0.1, 0.15) is 22.3 Å². The molecule has 22 rings (SSSR count). The summed E-state index contributed by atoms with van der Waals surface area (Å²) in [5.41, 5.74) is 37.0. The summed E-state index contributed by atoms with van der Waals surface area (Å²) in [6.07, 6.45) is 0. The molecule has 2 aliphatic carbocycles. The van der Waals surface area contributed by atoms with E-state index in [9.17, 15) is 0 Å². The van der Waals surface area contributed by atoms with Crippen molar-refractivity contribution in [3.05, 3.63) is 435 Å². The van der Waals surface area contributed by atoms with Gasteiger partial charge in [0.25, 0.3) is 0 Å². The average Bonchev–Trinajstić information content (AvgIpc) is 1.58. The lowest BCUT2D eigenvalue weighted by Gasteiger charge is -2.30. The molecule has 0 radical (unpaired) electrons. The molecule has 0 fully saturated rings. The third-order valence-corrected chi connectivity index (χ3v) is 24.4. The van der Waals surface area contributed by atoms with Gasteiger partial charge < -0.3 is 18.6 Å². The van der Waals surface area contributed by atoms with Crippen LogP contribution in [0.5, 0.6) is 0 Å². The fourth-order valence-electron chi connectivity index (χ4n) is 18.4. The van der Waals surface area contributed by atoms with E-state index in [2.05, 4.69) is 438 Å². The first-order chi connectivity index (χ1) is 57.0. The van der Waals surface area contributed by atoms with Crippen molar-refractivity contribution in [2.24, 2.45) is 0 Å². The van der Waals surface area contributed by atoms with E-state index >= 15 is 0 Å². The van der Waals surface area contributed by atoms with Crippen molar-refractivity contribution in [1.82, 2.24) is 0 Å². The van der Waals surface area contributed by atoms with Gasteiger partial charge in [-0.2, -0.15) is 0 Å². The van der Waals surface area contributed by atoms with Crippen molar-refractivity contribution in [2.75, 3.05) is 9.80 Å². The van der Waals surface area contributed by atoms with Crippen molar-refractivity contribution < 1.29 is 8.83 Å². The lowest BCUT2D eigenvalue weighted by atomic mass is 9.82. The highest BCUT2D eigenvalue weighted by Crippen LogP contribution is 2.54. The van der Waals surface area contributed by atoms with E-state index in [4.69, 9.17) is 8.83 Å². The van der Waals surface area contributed by atoms with E-state index in [0.29, 0.717) is 0 Å². The van der Waals surface area contributed by atoms with E-state index in [1.165, 1.54) is 88.7 Å². The summed E-state index contributed by atoms with van der Waals surface area (Å²) in [6.45, 7) is 9.40. The highest BCUT2D eigenvalue weighted by Gasteiger charge is 2.38. The van der Waals surface area contributed by atoms with Gasteiger partial charge in [0.15, 0.2) is 0 Å². The van der Waals surface area contributed by atoms with E-state index in [-0.39, 0.29) is 10.8 Å². The summed E-state index contributed by atoms with van der Waals surface area (Å²) in [5, 5.41) is 6.93. The highest BCUT2D eigenvalue weighted by molar-refractivity contribution is 6.13. The molecule has 0 amide bonds. The van der Waals surface area contributed by atoms with Gasteiger partial charge in [-0.1, -0.05) is 337 Å². The van der Waals surface area contributed by atoms with Gasteiger partial charge in [-0.3, -0.25) is 0 Å². The van der Waals surface area contributed by atoms with Crippen molar-refractivity contribution in [3.8, 4) is 100 Å². The largest absolute Gasteiger partial charge is 0.455 e. The molecular formula is C112H80N2O2. The summed E-state index contributed by atoms with van der Waals surface area (Å²) in [5.74, 6) is 0. The molecule has 0 saturated carbocycles. The SMILES string of the molecule is CC1(C)c2ccccc2-c2ccc(N(c3ccc(-c4cc(-c5ccc(-c6ccccc6)cc5)c5oc6ccccc6c5c4)cc3)c3ccc4ccccc4c3)cc21.CC1(C)c2ccccc2-c2ccc(N(c3ccc(-c4cc(-c5ccc(-c6ccccc6)cc5)c5oc6ccccc6c5c4)cc3)c3ccccc3-c3ccccc3)cc21. The second-order valence-corrected chi connectivity index (χ2v) is 31.9. The number of para-hydroxylation sites is 3. The molecule has 0 bridgehead atoms. The van der Waals surface area contributed by atoms with Gasteiger partial charge in [-0.15, -0.1) is 0 Å². The minimum atomic E-state index is -0.119. The third-order valence-electron chi connectivity index (χ3n) is 24.4. The molecule has 2 heterocycles. The minimum Gasteiger partial charge on any atom is -0.455 e. The zero-order valence-electron chi connectivity index (χ0n) is 65.0. The molecule has 4 heteroatoms. The molecule has 0 aliphatic heterocycles. The third kappa shape index (κ3) is 12.1. The number of hydrogen-bond acceptors (Lipinski definition) is 4. The van der Waals surface area contributed by atoms with E-state index in [1.54, 1.807) is 0 Å². The molecule has 0 saturated heterocycles. The van der Waals surface area contributed by atoms with Crippen molar-refractivity contribution >= 4 is 88.8 Å². The molecule has 0 N–H and O–H groups in total. The van der Waals surface area contributed by atoms with Gasteiger partial charge in [0.2, 0.25) is 0 Å². The normalized spacial score (nSPS) is 12.8. The number of nitrogens with zero attached hydrogens (tertiary/aromatic N) is 2. The van der Waals surface area contributed by atoms with Crippen molar-refractivity contribution in [3.63, 3.8) is 0 Å². The predicted molar refractivity (Wildman–Crippen MR) is 487 cm³/mol. The number of furan rings is 2. The van der Waals surface area contributed by atoms with Crippen LogP contribution in [-0.2, 0) is 10.8 Å². The lowest BCUT2D eigenvalue weighted by molar-refractivity contribution is 0.660. The maximum Gasteiger partial charge on any atom is 0.143 e. The molecular weight excluding hydrogens is 1410 g/mol. The number of hydrogen-bond donors (Lipinski definition) is 0. The standard InChI is InChI=1S/C57H41NO.C55H39NO/c1-57(2)52-22-12-9-20-47(52)48-34-33-45(37-53(48)57)58(54-23-13-10-19-46(54)41-17-7-4-8-18-41)44-31-29-40(30-32-44)43-35-50(56-51(36-43)49-21-11-14-24-55(49)59-56)42-27-25-39(26-28-42)38-15-5-3-6-16-38;1-55(2)51-18-10-8-16-46(51)47-31-30-45(35-52(47)55)56(44-29-26-37-14-6-7-15-41(37)32-44)43-27-24-39(25-28-43)42-33-49(54-50(34-42)48-17-9-11-19-53(48)57-54)40-22-20-38(21-23-40)36-12-4-3-5-13-36/h3-37H,1-2H3;3-35H,1-2H3. The van der Waals surface area contributed by atoms with Crippen LogP contribution >= 0.6 is 0 Å². The quantitative estimate of drug-likeness (QED) is 0.115. The Morgan fingerprint density at radius 3 is 1.02 bits per heavy atom. The first kappa shape index (κ1) is 69.4. The van der Waals surface area contributed by atoms with Crippen LogP contribution in [0.4, 0.5) is 34.1 Å². The first-order valence-electron chi connectivity index (χ1n) is 40.2. The number of fused-ring (bicyclic) bond motifs is 13. The molecule has 0 atom stereocenters. The van der Waals surface area contributed by atoms with Crippen LogP contribution in [-0.4, -0.2) is 0 Å². The van der Waals surface area contributed by atoms with Gasteiger partial charge in [0, 0.05) is 77.5 Å². The molecule has 2 aliphatic rings. The van der Waals surface area contributed by atoms with Crippen LogP contribution < -0.4 is 9.80 Å². The monoisotopic (exact) mass is 1480 g/mol. The lowest BCUT2D eigenvalue weighted by Crippen LogP contribution is -2.16. The Morgan fingerprint density at radius 2 is 0.517 bits per heavy atom. The molecule has 18 aromatic carbocycles.